The average Bonchev–Trinajstić information content (AvgIpc) is 2.63. The molecule has 0 aliphatic rings. The predicted octanol–water partition coefficient (Wildman–Crippen LogP) is 2.72. The summed E-state index contributed by atoms with van der Waals surface area (Å²) in [6.45, 7) is 0. The highest BCUT2D eigenvalue weighted by Gasteiger charge is 2.22. The van der Waals surface area contributed by atoms with Gasteiger partial charge in [0.25, 0.3) is 5.56 Å². The number of halogens is 3. The van der Waals surface area contributed by atoms with E-state index in [1.165, 1.54) is 12.1 Å². The van der Waals surface area contributed by atoms with Gasteiger partial charge in [-0.1, -0.05) is 46.9 Å². The number of nitrogens with two attached hydrogens (primary N) is 1. The highest BCUT2D eigenvalue weighted by atomic mass is 35.5. The van der Waals surface area contributed by atoms with Crippen molar-refractivity contribution in [3.8, 4) is 11.8 Å². The maximum Gasteiger partial charge on any atom is 0.370 e. The number of rotatable bonds is 3. The van der Waals surface area contributed by atoms with Crippen LogP contribution in [0.4, 0.5) is 0 Å². The van der Waals surface area contributed by atoms with E-state index in [1.54, 1.807) is 24.3 Å². The normalized spacial score (nSPS) is 11.8. The maximum atomic E-state index is 12.1. The van der Waals surface area contributed by atoms with Gasteiger partial charge in [0.15, 0.2) is 0 Å². The van der Waals surface area contributed by atoms with Crippen molar-refractivity contribution in [2.45, 2.75) is 5.92 Å². The zero-order valence-corrected chi connectivity index (χ0v) is 15.7. The summed E-state index contributed by atoms with van der Waals surface area (Å²) < 4.78 is 1.29. The topological polar surface area (TPSA) is 107 Å². The average molecular weight is 423 g/mol. The molecule has 1 atom stereocenters. The van der Waals surface area contributed by atoms with Gasteiger partial charge in [0, 0.05) is 20.6 Å². The SMILES string of the molecule is N#CC(c1ccc(Cl)cc1)c1c(Cl)cc(-n2ncc(=O)n(N)c2=O)cc1Cl. The molecule has 0 radical (unpaired) electrons. The van der Waals surface area contributed by atoms with Gasteiger partial charge < -0.3 is 5.84 Å². The Morgan fingerprint density at radius 2 is 1.67 bits per heavy atom. The van der Waals surface area contributed by atoms with Crippen molar-refractivity contribution in [2.75, 3.05) is 5.84 Å². The lowest BCUT2D eigenvalue weighted by Crippen LogP contribution is -2.44. The first kappa shape index (κ1) is 19.0. The molecule has 27 heavy (non-hydrogen) atoms. The molecule has 0 aliphatic heterocycles. The van der Waals surface area contributed by atoms with Crippen LogP contribution >= 0.6 is 34.8 Å². The molecule has 0 bridgehead atoms. The highest BCUT2D eigenvalue weighted by molar-refractivity contribution is 6.36. The Kier molecular flexibility index (Phi) is 5.24. The van der Waals surface area contributed by atoms with Crippen molar-refractivity contribution in [3.05, 3.63) is 89.6 Å². The summed E-state index contributed by atoms with van der Waals surface area (Å²) >= 11 is 18.6. The fraction of sp³-hybridized carbons (Fsp3) is 0.0588. The Morgan fingerprint density at radius 3 is 2.22 bits per heavy atom. The zero-order valence-electron chi connectivity index (χ0n) is 13.4. The molecule has 0 saturated carbocycles. The van der Waals surface area contributed by atoms with Gasteiger partial charge in [0.05, 0.1) is 17.7 Å². The van der Waals surface area contributed by atoms with Gasteiger partial charge in [-0.2, -0.15) is 19.7 Å². The van der Waals surface area contributed by atoms with Gasteiger partial charge in [-0.25, -0.2) is 4.79 Å². The summed E-state index contributed by atoms with van der Waals surface area (Å²) in [5, 5.41) is 14.2. The monoisotopic (exact) mass is 421 g/mol. The first-order valence-electron chi connectivity index (χ1n) is 7.44. The Balaban J connectivity index is 2.15. The first-order chi connectivity index (χ1) is 12.8. The van der Waals surface area contributed by atoms with Gasteiger partial charge in [0.2, 0.25) is 0 Å². The second-order valence-corrected chi connectivity index (χ2v) is 6.73. The standard InChI is InChI=1S/C17H10Cl3N5O2/c18-10-3-1-9(2-4-10)12(7-21)16-13(19)5-11(6-14(16)20)25-17(27)24(22)15(26)8-23-25/h1-6,8,12H,22H2. The Bertz CT molecular complexity index is 1160. The number of nitriles is 1. The molecule has 3 rings (SSSR count). The first-order valence-corrected chi connectivity index (χ1v) is 8.57. The molecule has 2 aromatic carbocycles. The van der Waals surface area contributed by atoms with Gasteiger partial charge in [-0.05, 0) is 29.8 Å². The minimum absolute atomic E-state index is 0.155. The van der Waals surface area contributed by atoms with Crippen molar-refractivity contribution in [1.82, 2.24) is 14.5 Å². The quantitative estimate of drug-likeness (QED) is 0.653. The van der Waals surface area contributed by atoms with Gasteiger partial charge in [-0.15, -0.1) is 0 Å². The molecule has 0 spiro atoms. The number of aromatic nitrogens is 3. The fourth-order valence-corrected chi connectivity index (χ4v) is 3.34. The largest absolute Gasteiger partial charge is 0.370 e. The molecule has 1 heterocycles. The molecule has 0 fully saturated rings. The molecular formula is C17H10Cl3N5O2. The number of nitrogens with zero attached hydrogens (tertiary/aromatic N) is 4. The molecule has 3 aromatic rings. The van der Waals surface area contributed by atoms with Crippen LogP contribution in [-0.4, -0.2) is 14.5 Å². The summed E-state index contributed by atoms with van der Waals surface area (Å²) in [5.41, 5.74) is -0.384. The van der Waals surface area contributed by atoms with Crippen LogP contribution in [0.2, 0.25) is 15.1 Å². The summed E-state index contributed by atoms with van der Waals surface area (Å²) in [6, 6.07) is 11.7. The van der Waals surface area contributed by atoms with E-state index >= 15 is 0 Å². The molecule has 10 heteroatoms. The minimum Gasteiger partial charge on any atom is -0.332 e. The third-order valence-electron chi connectivity index (χ3n) is 3.84. The molecule has 1 unspecified atom stereocenters. The van der Waals surface area contributed by atoms with E-state index in [-0.39, 0.29) is 15.7 Å². The van der Waals surface area contributed by atoms with Crippen LogP contribution in [0.3, 0.4) is 0 Å². The van der Waals surface area contributed by atoms with E-state index in [2.05, 4.69) is 11.2 Å². The van der Waals surface area contributed by atoms with Gasteiger partial charge in [0.1, 0.15) is 6.20 Å². The number of hydrogen-bond acceptors (Lipinski definition) is 5. The number of benzene rings is 2. The van der Waals surface area contributed by atoms with E-state index in [4.69, 9.17) is 40.6 Å². The van der Waals surface area contributed by atoms with E-state index in [9.17, 15) is 14.9 Å². The molecule has 136 valence electrons. The number of nitrogen functional groups attached to an aromatic ring is 1. The molecule has 0 saturated heterocycles. The molecule has 1 aromatic heterocycles. The second kappa shape index (κ2) is 7.45. The van der Waals surface area contributed by atoms with Crippen LogP contribution in [0.15, 0.2) is 52.2 Å². The number of hydrogen-bond donors (Lipinski definition) is 1. The summed E-state index contributed by atoms with van der Waals surface area (Å²) in [4.78, 5) is 23.5. The lowest BCUT2D eigenvalue weighted by Gasteiger charge is -2.16. The lowest BCUT2D eigenvalue weighted by atomic mass is 9.92. The van der Waals surface area contributed by atoms with Crippen molar-refractivity contribution in [2.24, 2.45) is 0 Å². The van der Waals surface area contributed by atoms with E-state index in [0.717, 1.165) is 10.9 Å². The van der Waals surface area contributed by atoms with Crippen LogP contribution in [0.1, 0.15) is 17.0 Å². The molecule has 7 nitrogen and oxygen atoms in total. The van der Waals surface area contributed by atoms with Crippen molar-refractivity contribution in [1.29, 1.82) is 5.26 Å². The summed E-state index contributed by atoms with van der Waals surface area (Å²) in [7, 11) is 0. The Hall–Kier alpha value is -2.79. The van der Waals surface area contributed by atoms with E-state index in [1.807, 2.05) is 0 Å². The third-order valence-corrected chi connectivity index (χ3v) is 4.72. The molecule has 2 N–H and O–H groups in total. The van der Waals surface area contributed by atoms with Crippen molar-refractivity contribution < 1.29 is 0 Å². The van der Waals surface area contributed by atoms with Crippen LogP contribution < -0.4 is 17.1 Å². The van der Waals surface area contributed by atoms with Crippen molar-refractivity contribution in [3.63, 3.8) is 0 Å². The second-order valence-electron chi connectivity index (χ2n) is 5.48. The third kappa shape index (κ3) is 3.55. The Labute approximate surface area is 167 Å². The lowest BCUT2D eigenvalue weighted by molar-refractivity contribution is 0.680. The van der Waals surface area contributed by atoms with Crippen LogP contribution in [0.5, 0.6) is 0 Å². The van der Waals surface area contributed by atoms with Crippen LogP contribution in [-0.2, 0) is 0 Å². The van der Waals surface area contributed by atoms with Gasteiger partial charge in [-0.3, -0.25) is 4.79 Å². The minimum atomic E-state index is -0.864. The van der Waals surface area contributed by atoms with Crippen LogP contribution in [0.25, 0.3) is 5.69 Å². The van der Waals surface area contributed by atoms with E-state index < -0.39 is 17.2 Å². The fourth-order valence-electron chi connectivity index (χ4n) is 2.52. The Morgan fingerprint density at radius 1 is 1.07 bits per heavy atom. The van der Waals surface area contributed by atoms with E-state index in [0.29, 0.717) is 20.8 Å². The van der Waals surface area contributed by atoms with Crippen LogP contribution in [0, 0.1) is 11.3 Å². The molecule has 0 aliphatic carbocycles. The predicted molar refractivity (Wildman–Crippen MR) is 103 cm³/mol. The zero-order chi connectivity index (χ0) is 19.7. The van der Waals surface area contributed by atoms with Gasteiger partial charge >= 0.3 is 5.69 Å². The van der Waals surface area contributed by atoms with Crippen molar-refractivity contribution >= 4 is 34.8 Å². The molecule has 0 amide bonds. The highest BCUT2D eigenvalue weighted by Crippen LogP contribution is 2.37. The summed E-state index contributed by atoms with van der Waals surface area (Å²) in [6.07, 6.45) is 0.892. The molecular weight excluding hydrogens is 413 g/mol. The summed E-state index contributed by atoms with van der Waals surface area (Å²) in [5.74, 6) is 4.65. The smallest absolute Gasteiger partial charge is 0.332 e. The maximum absolute atomic E-state index is 12.1.